The number of carbonyl (C=O) groups excluding carboxylic acids is 1. The molecular weight excluding hydrogens is 298 g/mol. The fourth-order valence-electron chi connectivity index (χ4n) is 1.64. The Morgan fingerprint density at radius 3 is 2.76 bits per heavy atom. The van der Waals surface area contributed by atoms with Gasteiger partial charge in [-0.05, 0) is 25.1 Å². The second-order valence-electron chi connectivity index (χ2n) is 4.24. The fourth-order valence-corrected chi connectivity index (χ4v) is 1.81. The van der Waals surface area contributed by atoms with E-state index in [2.05, 4.69) is 15.8 Å². The largest absolute Gasteiger partial charge is 0.478 e. The number of carboxylic acid groups (broad SMARTS) is 1. The van der Waals surface area contributed by atoms with E-state index >= 15 is 0 Å². The van der Waals surface area contributed by atoms with Crippen LogP contribution in [-0.4, -0.2) is 22.3 Å². The van der Waals surface area contributed by atoms with E-state index in [-0.39, 0.29) is 22.8 Å². The number of amides is 2. The van der Waals surface area contributed by atoms with E-state index in [0.29, 0.717) is 11.5 Å². The van der Waals surface area contributed by atoms with Crippen molar-refractivity contribution in [1.29, 1.82) is 0 Å². The fraction of sp³-hybridized carbons (Fsp3) is 0.154. The third-order valence-electron chi connectivity index (χ3n) is 2.56. The number of halogens is 1. The van der Waals surface area contributed by atoms with E-state index in [1.165, 1.54) is 18.2 Å². The van der Waals surface area contributed by atoms with E-state index < -0.39 is 12.0 Å². The molecule has 110 valence electrons. The second kappa shape index (κ2) is 6.27. The molecule has 7 nitrogen and oxygen atoms in total. The molecule has 0 spiro atoms. The Hall–Kier alpha value is -2.54. The molecule has 0 aliphatic carbocycles. The first-order chi connectivity index (χ1) is 9.95. The minimum Gasteiger partial charge on any atom is -0.478 e. The molecule has 2 rings (SSSR count). The van der Waals surface area contributed by atoms with Crippen LogP contribution in [0, 0.1) is 6.92 Å². The number of urea groups is 1. The maximum Gasteiger partial charge on any atom is 0.337 e. The summed E-state index contributed by atoms with van der Waals surface area (Å²) in [5, 5.41) is 18.0. The van der Waals surface area contributed by atoms with Gasteiger partial charge in [-0.25, -0.2) is 9.59 Å². The first kappa shape index (κ1) is 14.9. The average Bonchev–Trinajstić information content (AvgIpc) is 2.84. The molecule has 0 aliphatic rings. The molecule has 0 fully saturated rings. The van der Waals surface area contributed by atoms with Crippen LogP contribution in [0.3, 0.4) is 0 Å². The minimum atomic E-state index is -1.18. The van der Waals surface area contributed by atoms with Crippen molar-refractivity contribution in [1.82, 2.24) is 10.5 Å². The summed E-state index contributed by atoms with van der Waals surface area (Å²) in [5.74, 6) is -0.684. The van der Waals surface area contributed by atoms with Crippen LogP contribution in [0.25, 0.3) is 0 Å². The average molecular weight is 310 g/mol. The van der Waals surface area contributed by atoms with Crippen LogP contribution < -0.4 is 10.6 Å². The molecule has 8 heteroatoms. The van der Waals surface area contributed by atoms with Gasteiger partial charge in [0.2, 0.25) is 0 Å². The molecule has 0 radical (unpaired) electrons. The molecule has 0 saturated carbocycles. The number of hydrogen-bond acceptors (Lipinski definition) is 4. The lowest BCUT2D eigenvalue weighted by Crippen LogP contribution is -2.28. The summed E-state index contributed by atoms with van der Waals surface area (Å²) in [7, 11) is 0. The Morgan fingerprint density at radius 1 is 1.38 bits per heavy atom. The third-order valence-corrected chi connectivity index (χ3v) is 2.80. The van der Waals surface area contributed by atoms with Gasteiger partial charge >= 0.3 is 12.0 Å². The van der Waals surface area contributed by atoms with E-state index in [9.17, 15) is 9.59 Å². The van der Waals surface area contributed by atoms with Crippen LogP contribution in [0.15, 0.2) is 28.8 Å². The molecule has 21 heavy (non-hydrogen) atoms. The summed E-state index contributed by atoms with van der Waals surface area (Å²) in [5.41, 5.74) is 0.768. The summed E-state index contributed by atoms with van der Waals surface area (Å²) in [4.78, 5) is 22.8. The van der Waals surface area contributed by atoms with Crippen LogP contribution in [0.5, 0.6) is 0 Å². The predicted molar refractivity (Wildman–Crippen MR) is 75.5 cm³/mol. The standard InChI is InChI=1S/C13H12ClN3O4/c1-7-4-9(21-17-7)6-15-13(20)16-11-3-2-8(14)5-10(11)12(18)19/h2-5H,6H2,1H3,(H,18,19)(H2,15,16,20). The molecule has 2 aromatic rings. The molecular formula is C13H12ClN3O4. The smallest absolute Gasteiger partial charge is 0.337 e. The van der Waals surface area contributed by atoms with Crippen LogP contribution >= 0.6 is 11.6 Å². The lowest BCUT2D eigenvalue weighted by molar-refractivity contribution is 0.0698. The zero-order chi connectivity index (χ0) is 15.4. The first-order valence-corrected chi connectivity index (χ1v) is 6.33. The molecule has 0 unspecified atom stereocenters. The van der Waals surface area contributed by atoms with Crippen LogP contribution in [0.4, 0.5) is 10.5 Å². The molecule has 1 aromatic heterocycles. The van der Waals surface area contributed by atoms with Gasteiger partial charge in [0.1, 0.15) is 0 Å². The molecule has 0 saturated heterocycles. The number of hydrogen-bond donors (Lipinski definition) is 3. The van der Waals surface area contributed by atoms with Crippen molar-refractivity contribution in [2.45, 2.75) is 13.5 Å². The lowest BCUT2D eigenvalue weighted by Gasteiger charge is -2.09. The van der Waals surface area contributed by atoms with Crippen LogP contribution in [0.1, 0.15) is 21.8 Å². The molecule has 1 aromatic carbocycles. The number of benzene rings is 1. The molecule has 0 bridgehead atoms. The number of aryl methyl sites for hydroxylation is 1. The number of rotatable bonds is 4. The number of aromatic nitrogens is 1. The maximum atomic E-state index is 11.7. The molecule has 0 atom stereocenters. The monoisotopic (exact) mass is 309 g/mol. The zero-order valence-corrected chi connectivity index (χ0v) is 11.8. The SMILES string of the molecule is Cc1cc(CNC(=O)Nc2ccc(Cl)cc2C(=O)O)on1. The number of carboxylic acids is 1. The van der Waals surface area contributed by atoms with E-state index in [0.717, 1.165) is 0 Å². The van der Waals surface area contributed by atoms with Gasteiger partial charge < -0.3 is 20.3 Å². The van der Waals surface area contributed by atoms with Gasteiger partial charge in [0.25, 0.3) is 0 Å². The predicted octanol–water partition coefficient (Wildman–Crippen LogP) is 2.66. The number of aromatic carboxylic acids is 1. The van der Waals surface area contributed by atoms with Crippen molar-refractivity contribution in [3.05, 3.63) is 46.3 Å². The molecule has 3 N–H and O–H groups in total. The third kappa shape index (κ3) is 3.96. The summed E-state index contributed by atoms with van der Waals surface area (Å²) in [6.45, 7) is 1.91. The lowest BCUT2D eigenvalue weighted by atomic mass is 10.2. The van der Waals surface area contributed by atoms with E-state index in [1.807, 2.05) is 0 Å². The Morgan fingerprint density at radius 2 is 2.14 bits per heavy atom. The van der Waals surface area contributed by atoms with Crippen molar-refractivity contribution >= 4 is 29.3 Å². The van der Waals surface area contributed by atoms with Crippen molar-refractivity contribution < 1.29 is 19.2 Å². The summed E-state index contributed by atoms with van der Waals surface area (Å²) >= 11 is 5.73. The Balaban J connectivity index is 2.01. The van der Waals surface area contributed by atoms with Crippen molar-refractivity contribution in [2.24, 2.45) is 0 Å². The minimum absolute atomic E-state index is 0.0897. The van der Waals surface area contributed by atoms with E-state index in [1.54, 1.807) is 13.0 Å². The highest BCUT2D eigenvalue weighted by atomic mass is 35.5. The quantitative estimate of drug-likeness (QED) is 0.805. The highest BCUT2D eigenvalue weighted by Gasteiger charge is 2.13. The van der Waals surface area contributed by atoms with Gasteiger partial charge in [-0.1, -0.05) is 16.8 Å². The molecule has 0 aliphatic heterocycles. The van der Waals surface area contributed by atoms with Gasteiger partial charge in [0, 0.05) is 11.1 Å². The number of nitrogens with zero attached hydrogens (tertiary/aromatic N) is 1. The van der Waals surface area contributed by atoms with Gasteiger partial charge in [-0.3, -0.25) is 0 Å². The van der Waals surface area contributed by atoms with E-state index in [4.69, 9.17) is 21.2 Å². The Kier molecular flexibility index (Phi) is 4.44. The maximum absolute atomic E-state index is 11.7. The normalized spacial score (nSPS) is 10.2. The zero-order valence-electron chi connectivity index (χ0n) is 11.0. The topological polar surface area (TPSA) is 104 Å². The summed E-state index contributed by atoms with van der Waals surface area (Å²) in [6.07, 6.45) is 0. The van der Waals surface area contributed by atoms with Gasteiger partial charge in [-0.15, -0.1) is 0 Å². The number of carbonyl (C=O) groups is 2. The number of nitrogens with one attached hydrogen (secondary N) is 2. The van der Waals surface area contributed by atoms with Gasteiger partial charge in [0.15, 0.2) is 5.76 Å². The van der Waals surface area contributed by atoms with Crippen molar-refractivity contribution in [3.63, 3.8) is 0 Å². The summed E-state index contributed by atoms with van der Waals surface area (Å²) in [6, 6.07) is 5.30. The molecule has 1 heterocycles. The van der Waals surface area contributed by atoms with Gasteiger partial charge in [-0.2, -0.15) is 0 Å². The summed E-state index contributed by atoms with van der Waals surface area (Å²) < 4.78 is 4.94. The van der Waals surface area contributed by atoms with Gasteiger partial charge in [0.05, 0.1) is 23.5 Å². The van der Waals surface area contributed by atoms with Crippen molar-refractivity contribution in [3.8, 4) is 0 Å². The second-order valence-corrected chi connectivity index (χ2v) is 4.67. The van der Waals surface area contributed by atoms with Crippen LogP contribution in [-0.2, 0) is 6.54 Å². The Bertz CT molecular complexity index is 684. The van der Waals surface area contributed by atoms with Crippen molar-refractivity contribution in [2.75, 3.05) is 5.32 Å². The van der Waals surface area contributed by atoms with Crippen LogP contribution in [0.2, 0.25) is 5.02 Å². The first-order valence-electron chi connectivity index (χ1n) is 5.95. The Labute approximate surface area is 124 Å². The molecule has 2 amide bonds. The highest BCUT2D eigenvalue weighted by Crippen LogP contribution is 2.20. The number of anilines is 1. The highest BCUT2D eigenvalue weighted by molar-refractivity contribution is 6.31.